The molecule has 0 bridgehead atoms. The van der Waals surface area contributed by atoms with E-state index in [0.29, 0.717) is 6.54 Å². The lowest BCUT2D eigenvalue weighted by atomic mass is 10.2. The van der Waals surface area contributed by atoms with Crippen molar-refractivity contribution in [3.63, 3.8) is 0 Å². The van der Waals surface area contributed by atoms with Gasteiger partial charge in [-0.15, -0.1) is 11.3 Å². The molecule has 0 aliphatic rings. The first-order chi connectivity index (χ1) is 9.19. The molecule has 1 aromatic carbocycles. The van der Waals surface area contributed by atoms with E-state index < -0.39 is 0 Å². The lowest BCUT2D eigenvalue weighted by Crippen LogP contribution is -2.29. The largest absolute Gasteiger partial charge is 0.496 e. The second-order valence-electron chi connectivity index (χ2n) is 3.96. The number of guanidine groups is 1. The lowest BCUT2D eigenvalue weighted by molar-refractivity contribution is 0.409. The van der Waals surface area contributed by atoms with E-state index in [9.17, 15) is 0 Å². The molecule has 2 aromatic rings. The van der Waals surface area contributed by atoms with Gasteiger partial charge in [-0.3, -0.25) is 5.41 Å². The number of aromatic nitrogens is 1. The summed E-state index contributed by atoms with van der Waals surface area (Å²) in [6.07, 6.45) is 0. The van der Waals surface area contributed by atoms with Gasteiger partial charge < -0.3 is 15.4 Å². The van der Waals surface area contributed by atoms with Crippen LogP contribution < -0.4 is 15.4 Å². The summed E-state index contributed by atoms with van der Waals surface area (Å²) in [5, 5.41) is 16.4. The number of hydrogen-bond donors (Lipinski definition) is 3. The Morgan fingerprint density at radius 1 is 1.42 bits per heavy atom. The first-order valence-corrected chi connectivity index (χ1v) is 6.70. The van der Waals surface area contributed by atoms with E-state index in [1.165, 1.54) is 11.3 Å². The molecule has 2 rings (SSSR count). The molecular weight excluding hydrogens is 260 g/mol. The van der Waals surface area contributed by atoms with E-state index in [-0.39, 0.29) is 5.96 Å². The number of thiazole rings is 1. The first-order valence-electron chi connectivity index (χ1n) is 5.82. The van der Waals surface area contributed by atoms with Crippen molar-refractivity contribution < 1.29 is 4.74 Å². The third-order valence-corrected chi connectivity index (χ3v) is 3.37. The molecular formula is C13H16N4OS. The first kappa shape index (κ1) is 13.4. The Morgan fingerprint density at radius 3 is 2.89 bits per heavy atom. The van der Waals surface area contributed by atoms with E-state index >= 15 is 0 Å². The fraction of sp³-hybridized carbons (Fsp3) is 0.231. The molecule has 0 aliphatic heterocycles. The summed E-state index contributed by atoms with van der Waals surface area (Å²) in [6, 6.07) is 7.73. The maximum absolute atomic E-state index is 7.82. The van der Waals surface area contributed by atoms with Crippen LogP contribution in [0.15, 0.2) is 29.6 Å². The molecule has 1 heterocycles. The second-order valence-corrected chi connectivity index (χ2v) is 4.82. The van der Waals surface area contributed by atoms with Crippen molar-refractivity contribution in [3.05, 3.63) is 40.9 Å². The number of para-hydroxylation sites is 1. The monoisotopic (exact) mass is 276 g/mol. The Balaban J connectivity index is 1.89. The summed E-state index contributed by atoms with van der Waals surface area (Å²) >= 11 is 1.48. The number of hydrogen-bond acceptors (Lipinski definition) is 4. The molecule has 0 spiro atoms. The summed E-state index contributed by atoms with van der Waals surface area (Å²) in [5.41, 5.74) is 1.96. The third-order valence-electron chi connectivity index (χ3n) is 2.50. The van der Waals surface area contributed by atoms with Gasteiger partial charge in [0.05, 0.1) is 12.8 Å². The van der Waals surface area contributed by atoms with E-state index in [2.05, 4.69) is 15.6 Å². The number of methoxy groups -OCH3 is 1. The fourth-order valence-corrected chi connectivity index (χ4v) is 2.29. The normalized spacial score (nSPS) is 10.0. The highest BCUT2D eigenvalue weighted by Gasteiger charge is 2.04. The van der Waals surface area contributed by atoms with Crippen molar-refractivity contribution in [2.24, 2.45) is 0 Å². The van der Waals surface area contributed by atoms with Gasteiger partial charge >= 0.3 is 0 Å². The Labute approximate surface area is 116 Å². The van der Waals surface area contributed by atoms with Gasteiger partial charge in [0.25, 0.3) is 0 Å². The molecule has 0 unspecified atom stereocenters. The van der Waals surface area contributed by atoms with Crippen LogP contribution in [-0.4, -0.2) is 18.1 Å². The quantitative estimate of drug-likeness (QED) is 0.593. The molecule has 0 atom stereocenters. The summed E-state index contributed by atoms with van der Waals surface area (Å²) < 4.78 is 5.26. The average Bonchev–Trinajstić information content (AvgIpc) is 2.82. The van der Waals surface area contributed by atoms with Crippen molar-refractivity contribution in [1.29, 1.82) is 5.41 Å². The molecule has 3 N–H and O–H groups in total. The van der Waals surface area contributed by atoms with Gasteiger partial charge in [0.2, 0.25) is 0 Å². The van der Waals surface area contributed by atoms with Crippen LogP contribution in [0.4, 0.5) is 5.13 Å². The third kappa shape index (κ3) is 3.69. The molecule has 0 saturated heterocycles. The molecule has 1 aromatic heterocycles. The van der Waals surface area contributed by atoms with Crippen LogP contribution in [0.2, 0.25) is 0 Å². The van der Waals surface area contributed by atoms with Crippen LogP contribution in [0.1, 0.15) is 11.3 Å². The van der Waals surface area contributed by atoms with Crippen molar-refractivity contribution >= 4 is 22.4 Å². The topological polar surface area (TPSA) is 70.0 Å². The van der Waals surface area contributed by atoms with Crippen molar-refractivity contribution in [2.45, 2.75) is 13.5 Å². The Morgan fingerprint density at radius 2 is 2.21 bits per heavy atom. The van der Waals surface area contributed by atoms with Gasteiger partial charge in [-0.1, -0.05) is 18.2 Å². The highest BCUT2D eigenvalue weighted by atomic mass is 32.1. The molecule has 5 nitrogen and oxygen atoms in total. The fourth-order valence-electron chi connectivity index (χ4n) is 1.60. The second kappa shape index (κ2) is 6.19. The number of benzene rings is 1. The highest BCUT2D eigenvalue weighted by Crippen LogP contribution is 2.17. The molecule has 0 saturated carbocycles. The standard InChI is InChI=1S/C13H16N4OS/c1-9-8-19-13(16-9)17-12(14)15-7-10-5-3-4-6-11(10)18-2/h3-6,8H,7H2,1-2H3,(H3,14,15,16,17). The zero-order valence-electron chi connectivity index (χ0n) is 10.9. The minimum atomic E-state index is 0.222. The van der Waals surface area contributed by atoms with Crippen LogP contribution >= 0.6 is 11.3 Å². The maximum atomic E-state index is 7.82. The SMILES string of the molecule is COc1ccccc1CNC(=N)Nc1nc(C)cs1. The predicted molar refractivity (Wildman–Crippen MR) is 78.0 cm³/mol. The molecule has 0 radical (unpaired) electrons. The van der Waals surface area contributed by atoms with Crippen LogP contribution in [0.5, 0.6) is 5.75 Å². The molecule has 0 fully saturated rings. The molecule has 6 heteroatoms. The minimum Gasteiger partial charge on any atom is -0.496 e. The molecule has 100 valence electrons. The number of ether oxygens (including phenoxy) is 1. The van der Waals surface area contributed by atoms with Crippen molar-refractivity contribution in [3.8, 4) is 5.75 Å². The minimum absolute atomic E-state index is 0.222. The van der Waals surface area contributed by atoms with E-state index in [1.54, 1.807) is 7.11 Å². The van der Waals surface area contributed by atoms with Crippen LogP contribution in [0, 0.1) is 12.3 Å². The zero-order valence-corrected chi connectivity index (χ0v) is 11.7. The Bertz CT molecular complexity index is 567. The number of aryl methyl sites for hydroxylation is 1. The van der Waals surface area contributed by atoms with Crippen molar-refractivity contribution in [1.82, 2.24) is 10.3 Å². The van der Waals surface area contributed by atoms with Crippen LogP contribution in [-0.2, 0) is 6.54 Å². The zero-order chi connectivity index (χ0) is 13.7. The number of nitrogens with one attached hydrogen (secondary N) is 3. The van der Waals surface area contributed by atoms with E-state index in [0.717, 1.165) is 22.1 Å². The highest BCUT2D eigenvalue weighted by molar-refractivity contribution is 7.13. The van der Waals surface area contributed by atoms with E-state index in [1.807, 2.05) is 36.6 Å². The van der Waals surface area contributed by atoms with Gasteiger partial charge in [-0.2, -0.15) is 0 Å². The smallest absolute Gasteiger partial charge is 0.195 e. The van der Waals surface area contributed by atoms with Crippen molar-refractivity contribution in [2.75, 3.05) is 12.4 Å². The van der Waals surface area contributed by atoms with Gasteiger partial charge in [0.1, 0.15) is 5.75 Å². The summed E-state index contributed by atoms with van der Waals surface area (Å²) in [6.45, 7) is 2.45. The average molecular weight is 276 g/mol. The molecule has 19 heavy (non-hydrogen) atoms. The predicted octanol–water partition coefficient (Wildman–Crippen LogP) is 2.60. The van der Waals surface area contributed by atoms with Crippen LogP contribution in [0.25, 0.3) is 0 Å². The Hall–Kier alpha value is -2.08. The van der Waals surface area contributed by atoms with Gasteiger partial charge in [0, 0.05) is 17.5 Å². The van der Waals surface area contributed by atoms with Crippen LogP contribution in [0.3, 0.4) is 0 Å². The summed E-state index contributed by atoms with van der Waals surface area (Å²) in [7, 11) is 1.64. The number of anilines is 1. The lowest BCUT2D eigenvalue weighted by Gasteiger charge is -2.11. The van der Waals surface area contributed by atoms with Gasteiger partial charge in [0.15, 0.2) is 11.1 Å². The summed E-state index contributed by atoms with van der Waals surface area (Å²) in [5.74, 6) is 1.04. The number of rotatable bonds is 4. The number of nitrogens with zero attached hydrogens (tertiary/aromatic N) is 1. The maximum Gasteiger partial charge on any atom is 0.195 e. The van der Waals surface area contributed by atoms with E-state index in [4.69, 9.17) is 10.1 Å². The van der Waals surface area contributed by atoms with Gasteiger partial charge in [-0.05, 0) is 13.0 Å². The molecule has 0 amide bonds. The summed E-state index contributed by atoms with van der Waals surface area (Å²) in [4.78, 5) is 4.24. The molecule has 0 aliphatic carbocycles. The Kier molecular flexibility index (Phi) is 4.35. The van der Waals surface area contributed by atoms with Gasteiger partial charge in [-0.25, -0.2) is 4.98 Å².